The Labute approximate surface area is 92.6 Å². The fourth-order valence-corrected chi connectivity index (χ4v) is 3.14. The van der Waals surface area contributed by atoms with Gasteiger partial charge >= 0.3 is 15.2 Å². The third-order valence-corrected chi connectivity index (χ3v) is 6.11. The summed E-state index contributed by atoms with van der Waals surface area (Å²) in [5, 5.41) is -1.75. The van der Waals surface area contributed by atoms with Gasteiger partial charge in [-0.25, -0.2) is 4.57 Å². The molecule has 16 heavy (non-hydrogen) atoms. The van der Waals surface area contributed by atoms with Crippen molar-refractivity contribution in [3.05, 3.63) is 30.3 Å². The molecule has 1 aromatic carbocycles. The highest BCUT2D eigenvalue weighted by Gasteiger charge is 2.42. The van der Waals surface area contributed by atoms with E-state index in [1.165, 1.54) is 12.1 Å². The van der Waals surface area contributed by atoms with Crippen molar-refractivity contribution in [2.75, 3.05) is 0 Å². The molecule has 0 heterocycles. The maximum atomic E-state index is 11.6. The van der Waals surface area contributed by atoms with Gasteiger partial charge in [0, 0.05) is 0 Å². The van der Waals surface area contributed by atoms with Gasteiger partial charge in [0.25, 0.3) is 0 Å². The molecule has 0 saturated heterocycles. The molecule has 0 radical (unpaired) electrons. The van der Waals surface area contributed by atoms with E-state index < -0.39 is 20.6 Å². The van der Waals surface area contributed by atoms with Crippen LogP contribution in [0.15, 0.2) is 30.3 Å². The molecular formula is C8H12O6P2. The van der Waals surface area contributed by atoms with Gasteiger partial charge in [0.1, 0.15) is 5.75 Å². The molecule has 0 bridgehead atoms. The van der Waals surface area contributed by atoms with Crippen LogP contribution in [0.2, 0.25) is 0 Å². The molecule has 1 rings (SSSR count). The van der Waals surface area contributed by atoms with Crippen LogP contribution in [0, 0.1) is 0 Å². The third-order valence-electron chi connectivity index (χ3n) is 1.94. The van der Waals surface area contributed by atoms with Gasteiger partial charge < -0.3 is 19.2 Å². The summed E-state index contributed by atoms with van der Waals surface area (Å²) in [5.41, 5.74) is 0. The van der Waals surface area contributed by atoms with Gasteiger partial charge in [-0.2, -0.15) is 0 Å². The van der Waals surface area contributed by atoms with E-state index in [0.29, 0.717) is 0 Å². The Morgan fingerprint density at radius 3 is 2.06 bits per heavy atom. The van der Waals surface area contributed by atoms with Crippen LogP contribution < -0.4 is 4.52 Å². The zero-order chi connectivity index (χ0) is 12.4. The average molecular weight is 266 g/mol. The van der Waals surface area contributed by atoms with E-state index in [1.807, 2.05) is 0 Å². The summed E-state index contributed by atoms with van der Waals surface area (Å²) < 4.78 is 27.1. The monoisotopic (exact) mass is 266 g/mol. The molecule has 2 atom stereocenters. The van der Waals surface area contributed by atoms with Crippen LogP contribution in [0.3, 0.4) is 0 Å². The third kappa shape index (κ3) is 3.44. The van der Waals surface area contributed by atoms with Crippen LogP contribution >= 0.6 is 15.2 Å². The van der Waals surface area contributed by atoms with Crippen LogP contribution in [0.4, 0.5) is 0 Å². The maximum absolute atomic E-state index is 11.6. The second-order valence-corrected chi connectivity index (χ2v) is 7.63. The highest BCUT2D eigenvalue weighted by atomic mass is 31.2. The molecule has 0 spiro atoms. The van der Waals surface area contributed by atoms with Gasteiger partial charge in [0.2, 0.25) is 0 Å². The minimum atomic E-state index is -4.65. The lowest BCUT2D eigenvalue weighted by Gasteiger charge is -2.20. The Balaban J connectivity index is 2.89. The van der Waals surface area contributed by atoms with E-state index in [2.05, 4.69) is 0 Å². The summed E-state index contributed by atoms with van der Waals surface area (Å²) in [5.74, 6) is 0.0913. The predicted octanol–water partition coefficient (Wildman–Crippen LogP) is 1.77. The lowest BCUT2D eigenvalue weighted by molar-refractivity contribution is 0.345. The van der Waals surface area contributed by atoms with E-state index in [0.717, 1.165) is 6.92 Å². The van der Waals surface area contributed by atoms with Crippen LogP contribution in [0.25, 0.3) is 0 Å². The number of para-hydroxylation sites is 1. The molecule has 3 N–H and O–H groups in total. The summed E-state index contributed by atoms with van der Waals surface area (Å²) >= 11 is 0. The molecule has 0 saturated carbocycles. The highest BCUT2D eigenvalue weighted by molar-refractivity contribution is 7.71. The van der Waals surface area contributed by atoms with E-state index in [9.17, 15) is 14.0 Å². The molecule has 90 valence electrons. The predicted molar refractivity (Wildman–Crippen MR) is 58.4 cm³/mol. The summed E-state index contributed by atoms with van der Waals surface area (Å²) in [6.07, 6.45) is 0. The smallest absolute Gasteiger partial charge is 0.391 e. The number of hydrogen-bond donors (Lipinski definition) is 3. The second-order valence-electron chi connectivity index (χ2n) is 3.19. The molecule has 8 heteroatoms. The molecule has 0 fully saturated rings. The first-order chi connectivity index (χ1) is 7.23. The Bertz CT molecular complexity index is 439. The molecule has 0 aliphatic carbocycles. The molecule has 0 aliphatic heterocycles. The minimum Gasteiger partial charge on any atom is -0.424 e. The van der Waals surface area contributed by atoms with Crippen molar-refractivity contribution in [2.24, 2.45) is 0 Å². The van der Waals surface area contributed by atoms with E-state index in [4.69, 9.17) is 14.3 Å². The van der Waals surface area contributed by atoms with Crippen molar-refractivity contribution in [2.45, 2.75) is 12.3 Å². The minimum absolute atomic E-state index is 0.0913. The summed E-state index contributed by atoms with van der Waals surface area (Å²) in [4.78, 5) is 27.0. The molecule has 6 nitrogen and oxygen atoms in total. The van der Waals surface area contributed by atoms with Crippen molar-refractivity contribution in [3.63, 3.8) is 0 Å². The van der Waals surface area contributed by atoms with Crippen molar-refractivity contribution < 1.29 is 28.3 Å². The highest BCUT2D eigenvalue weighted by Crippen LogP contribution is 2.62. The largest absolute Gasteiger partial charge is 0.424 e. The van der Waals surface area contributed by atoms with Crippen molar-refractivity contribution >= 4 is 15.2 Å². The van der Waals surface area contributed by atoms with Gasteiger partial charge in [-0.15, -0.1) is 0 Å². The zero-order valence-corrected chi connectivity index (χ0v) is 10.2. The first-order valence-electron chi connectivity index (χ1n) is 4.36. The SMILES string of the molecule is CC(P(=O)(O)O)P(=O)(O)Oc1ccccc1. The molecule has 0 aliphatic rings. The second kappa shape index (κ2) is 4.70. The lowest BCUT2D eigenvalue weighted by Crippen LogP contribution is -2.08. The van der Waals surface area contributed by atoms with Gasteiger partial charge in [-0.3, -0.25) is 4.57 Å². The summed E-state index contributed by atoms with van der Waals surface area (Å²) in [6, 6.07) is 7.70. The molecule has 2 unspecified atom stereocenters. The van der Waals surface area contributed by atoms with Gasteiger partial charge in [-0.1, -0.05) is 18.2 Å². The van der Waals surface area contributed by atoms with Crippen LogP contribution in [0.5, 0.6) is 5.75 Å². The first kappa shape index (κ1) is 13.4. The molecule has 1 aromatic rings. The maximum Gasteiger partial charge on any atom is 0.391 e. The van der Waals surface area contributed by atoms with E-state index >= 15 is 0 Å². The quantitative estimate of drug-likeness (QED) is 0.717. The fourth-order valence-electron chi connectivity index (χ4n) is 0.899. The Kier molecular flexibility index (Phi) is 3.94. The molecule has 0 amide bonds. The Hall–Kier alpha value is -0.640. The number of hydrogen-bond acceptors (Lipinski definition) is 3. The van der Waals surface area contributed by atoms with Crippen LogP contribution in [0.1, 0.15) is 6.92 Å². The normalized spacial score (nSPS) is 17.5. The van der Waals surface area contributed by atoms with Gasteiger partial charge in [0.05, 0.1) is 0 Å². The van der Waals surface area contributed by atoms with Crippen molar-refractivity contribution in [1.29, 1.82) is 0 Å². The lowest BCUT2D eigenvalue weighted by atomic mass is 10.3. The van der Waals surface area contributed by atoms with Gasteiger partial charge in [-0.05, 0) is 19.1 Å². The van der Waals surface area contributed by atoms with Crippen LogP contribution in [-0.4, -0.2) is 20.1 Å². The standard InChI is InChI=1S/C8H12O6P2/c1-7(15(9,10)11)16(12,13)14-8-5-3-2-4-6-8/h2-7H,1H3,(H,12,13)(H2,9,10,11). The topological polar surface area (TPSA) is 104 Å². The molecule has 0 aromatic heterocycles. The average Bonchev–Trinajstić information content (AvgIpc) is 2.16. The summed E-state index contributed by atoms with van der Waals surface area (Å²) in [7, 11) is -9.04. The van der Waals surface area contributed by atoms with E-state index in [1.54, 1.807) is 18.2 Å². The Morgan fingerprint density at radius 2 is 1.62 bits per heavy atom. The van der Waals surface area contributed by atoms with Crippen LogP contribution in [-0.2, 0) is 9.13 Å². The first-order valence-corrected chi connectivity index (χ1v) is 7.68. The van der Waals surface area contributed by atoms with E-state index in [-0.39, 0.29) is 5.75 Å². The number of rotatable bonds is 4. The number of benzene rings is 1. The fraction of sp³-hybridized carbons (Fsp3) is 0.250. The Morgan fingerprint density at radius 1 is 1.12 bits per heavy atom. The summed E-state index contributed by atoms with van der Waals surface area (Å²) in [6.45, 7) is 0.977. The molecular weight excluding hydrogens is 254 g/mol. The van der Waals surface area contributed by atoms with Crippen molar-refractivity contribution in [1.82, 2.24) is 0 Å². The zero-order valence-electron chi connectivity index (χ0n) is 8.42. The van der Waals surface area contributed by atoms with Gasteiger partial charge in [0.15, 0.2) is 5.40 Å². The van der Waals surface area contributed by atoms with Crippen molar-refractivity contribution in [3.8, 4) is 5.75 Å².